The Morgan fingerprint density at radius 3 is 3.13 bits per heavy atom. The minimum Gasteiger partial charge on any atom is -0.355 e. The van der Waals surface area contributed by atoms with Crippen LogP contribution in [0, 0.1) is 6.92 Å². The summed E-state index contributed by atoms with van der Waals surface area (Å²) in [5, 5.41) is 11.8. The molecule has 23 heavy (non-hydrogen) atoms. The number of carbonyl (C=O) groups excluding carboxylic acids is 1. The topological polar surface area (TPSA) is 83.6 Å². The molecule has 0 radical (unpaired) electrons. The van der Waals surface area contributed by atoms with E-state index in [1.807, 2.05) is 13.1 Å². The van der Waals surface area contributed by atoms with E-state index in [9.17, 15) is 4.79 Å². The van der Waals surface area contributed by atoms with Crippen LogP contribution in [0.4, 0.5) is 0 Å². The molecule has 0 spiro atoms. The van der Waals surface area contributed by atoms with E-state index in [0.29, 0.717) is 17.3 Å². The van der Waals surface area contributed by atoms with Crippen LogP contribution in [0.25, 0.3) is 10.2 Å². The van der Waals surface area contributed by atoms with E-state index in [-0.39, 0.29) is 5.91 Å². The van der Waals surface area contributed by atoms with E-state index in [0.717, 1.165) is 32.1 Å². The van der Waals surface area contributed by atoms with E-state index >= 15 is 0 Å². The van der Waals surface area contributed by atoms with Crippen molar-refractivity contribution in [1.29, 1.82) is 0 Å². The number of hydrogen-bond acceptors (Lipinski definition) is 6. The lowest BCUT2D eigenvalue weighted by molar-refractivity contribution is -0.118. The number of rotatable bonds is 6. The van der Waals surface area contributed by atoms with E-state index in [4.69, 9.17) is 11.6 Å². The van der Waals surface area contributed by atoms with Gasteiger partial charge in [-0.3, -0.25) is 9.89 Å². The molecule has 3 heterocycles. The van der Waals surface area contributed by atoms with Crippen LogP contribution in [0.15, 0.2) is 23.7 Å². The molecule has 3 aromatic heterocycles. The first-order valence-electron chi connectivity index (χ1n) is 6.92. The number of thioether (sulfide) groups is 1. The molecule has 0 aliphatic carbocycles. The minimum absolute atomic E-state index is 0.0340. The first kappa shape index (κ1) is 16.2. The maximum Gasteiger partial charge on any atom is 0.230 e. The van der Waals surface area contributed by atoms with Gasteiger partial charge in [0, 0.05) is 17.6 Å². The number of fused-ring (bicyclic) bond motifs is 1. The zero-order valence-corrected chi connectivity index (χ0v) is 14.7. The van der Waals surface area contributed by atoms with E-state index in [1.165, 1.54) is 29.4 Å². The van der Waals surface area contributed by atoms with Gasteiger partial charge in [0.15, 0.2) is 0 Å². The largest absolute Gasteiger partial charge is 0.355 e. The molecule has 0 aliphatic heterocycles. The van der Waals surface area contributed by atoms with Crippen molar-refractivity contribution in [3.63, 3.8) is 0 Å². The van der Waals surface area contributed by atoms with Crippen molar-refractivity contribution in [3.05, 3.63) is 34.2 Å². The van der Waals surface area contributed by atoms with Crippen LogP contribution in [0.2, 0.25) is 5.02 Å². The maximum atomic E-state index is 11.9. The fraction of sp³-hybridized carbons (Fsp3) is 0.286. The third-order valence-corrected chi connectivity index (χ3v) is 5.77. The van der Waals surface area contributed by atoms with Crippen LogP contribution < -0.4 is 5.32 Å². The zero-order valence-electron chi connectivity index (χ0n) is 12.3. The molecule has 120 valence electrons. The van der Waals surface area contributed by atoms with Crippen molar-refractivity contribution < 1.29 is 4.79 Å². The highest BCUT2D eigenvalue weighted by molar-refractivity contribution is 8.00. The smallest absolute Gasteiger partial charge is 0.230 e. The summed E-state index contributed by atoms with van der Waals surface area (Å²) in [4.78, 5) is 22.3. The van der Waals surface area contributed by atoms with Crippen LogP contribution in [0.5, 0.6) is 0 Å². The van der Waals surface area contributed by atoms with Crippen LogP contribution in [-0.4, -0.2) is 38.4 Å². The first-order valence-corrected chi connectivity index (χ1v) is 9.10. The Kier molecular flexibility index (Phi) is 5.14. The summed E-state index contributed by atoms with van der Waals surface area (Å²) < 4.78 is 0. The van der Waals surface area contributed by atoms with Gasteiger partial charge in [-0.05, 0) is 18.9 Å². The van der Waals surface area contributed by atoms with E-state index in [2.05, 4.69) is 25.5 Å². The summed E-state index contributed by atoms with van der Waals surface area (Å²) >= 11 is 9.22. The van der Waals surface area contributed by atoms with Gasteiger partial charge in [0.2, 0.25) is 5.91 Å². The molecule has 3 aromatic rings. The molecule has 0 fully saturated rings. The number of nitrogens with zero attached hydrogens (tertiary/aromatic N) is 3. The first-order chi connectivity index (χ1) is 11.1. The Labute approximate surface area is 146 Å². The maximum absolute atomic E-state index is 11.9. The van der Waals surface area contributed by atoms with Gasteiger partial charge in [-0.2, -0.15) is 5.10 Å². The summed E-state index contributed by atoms with van der Waals surface area (Å²) in [7, 11) is 0. The summed E-state index contributed by atoms with van der Waals surface area (Å²) in [6.45, 7) is 2.53. The third-order valence-electron chi connectivity index (χ3n) is 3.19. The highest BCUT2D eigenvalue weighted by Crippen LogP contribution is 2.37. The van der Waals surface area contributed by atoms with Crippen molar-refractivity contribution >= 4 is 50.8 Å². The number of thiophene rings is 1. The number of hydrogen-bond donors (Lipinski definition) is 2. The average molecular weight is 368 g/mol. The van der Waals surface area contributed by atoms with Gasteiger partial charge in [0.1, 0.15) is 16.2 Å². The number of amides is 1. The highest BCUT2D eigenvalue weighted by Gasteiger charge is 2.14. The fourth-order valence-corrected chi connectivity index (χ4v) is 4.23. The minimum atomic E-state index is -0.0340. The zero-order chi connectivity index (χ0) is 16.2. The Morgan fingerprint density at radius 2 is 2.35 bits per heavy atom. The second kappa shape index (κ2) is 7.29. The van der Waals surface area contributed by atoms with Crippen molar-refractivity contribution in [3.8, 4) is 0 Å². The SMILES string of the molecule is Cc1sc2ncnc(SCC(=O)NCCc3cn[nH]c3)c2c1Cl. The molecule has 0 aromatic carbocycles. The van der Waals surface area contributed by atoms with Crippen LogP contribution in [-0.2, 0) is 11.2 Å². The number of aromatic amines is 1. The lowest BCUT2D eigenvalue weighted by Crippen LogP contribution is -2.27. The van der Waals surface area contributed by atoms with Crippen molar-refractivity contribution in [2.45, 2.75) is 18.4 Å². The molecular formula is C14H14ClN5OS2. The molecule has 6 nitrogen and oxygen atoms in total. The molecule has 9 heteroatoms. The number of H-pyrrole nitrogens is 1. The average Bonchev–Trinajstić information content (AvgIpc) is 3.15. The van der Waals surface area contributed by atoms with Crippen molar-refractivity contribution in [1.82, 2.24) is 25.5 Å². The van der Waals surface area contributed by atoms with E-state index in [1.54, 1.807) is 6.20 Å². The lowest BCUT2D eigenvalue weighted by Gasteiger charge is -2.05. The van der Waals surface area contributed by atoms with Gasteiger partial charge >= 0.3 is 0 Å². The quantitative estimate of drug-likeness (QED) is 0.517. The molecule has 0 unspecified atom stereocenters. The molecule has 0 saturated heterocycles. The number of halogens is 1. The Hall–Kier alpha value is -1.64. The molecule has 0 bridgehead atoms. The highest BCUT2D eigenvalue weighted by atomic mass is 35.5. The second-order valence-electron chi connectivity index (χ2n) is 4.83. The molecular weight excluding hydrogens is 354 g/mol. The fourth-order valence-electron chi connectivity index (χ4n) is 2.04. The monoisotopic (exact) mass is 367 g/mol. The molecule has 0 aliphatic rings. The second-order valence-corrected chi connectivity index (χ2v) is 7.37. The Morgan fingerprint density at radius 1 is 1.48 bits per heavy atom. The van der Waals surface area contributed by atoms with Crippen LogP contribution >= 0.6 is 34.7 Å². The third kappa shape index (κ3) is 3.82. The number of carbonyl (C=O) groups is 1. The van der Waals surface area contributed by atoms with Gasteiger partial charge in [0.25, 0.3) is 0 Å². The summed E-state index contributed by atoms with van der Waals surface area (Å²) in [5.41, 5.74) is 1.07. The summed E-state index contributed by atoms with van der Waals surface area (Å²) in [5.74, 6) is 0.260. The molecule has 2 N–H and O–H groups in total. The van der Waals surface area contributed by atoms with Crippen molar-refractivity contribution in [2.24, 2.45) is 0 Å². The Bertz CT molecular complexity index is 818. The summed E-state index contributed by atoms with van der Waals surface area (Å²) in [6, 6.07) is 0. The molecule has 1 amide bonds. The molecule has 0 saturated carbocycles. The van der Waals surface area contributed by atoms with Gasteiger partial charge in [-0.15, -0.1) is 11.3 Å². The predicted octanol–water partition coefficient (Wildman–Crippen LogP) is 2.83. The van der Waals surface area contributed by atoms with Crippen molar-refractivity contribution in [2.75, 3.05) is 12.3 Å². The van der Waals surface area contributed by atoms with Crippen LogP contribution in [0.3, 0.4) is 0 Å². The molecule has 0 atom stereocenters. The van der Waals surface area contributed by atoms with Gasteiger partial charge < -0.3 is 5.32 Å². The van der Waals surface area contributed by atoms with Gasteiger partial charge in [0.05, 0.1) is 22.4 Å². The van der Waals surface area contributed by atoms with Gasteiger partial charge in [-0.1, -0.05) is 23.4 Å². The standard InChI is InChI=1S/C14H14ClN5OS2/c1-8-12(15)11-13(17-7-18-14(11)23-8)22-6-10(21)16-3-2-9-4-19-20-5-9/h4-5,7H,2-3,6H2,1H3,(H,16,21)(H,19,20). The normalized spacial score (nSPS) is 11.0. The van der Waals surface area contributed by atoms with E-state index < -0.39 is 0 Å². The predicted molar refractivity (Wildman–Crippen MR) is 93.2 cm³/mol. The molecule has 3 rings (SSSR count). The van der Waals surface area contributed by atoms with Crippen LogP contribution in [0.1, 0.15) is 10.4 Å². The number of aryl methyl sites for hydroxylation is 1. The summed E-state index contributed by atoms with van der Waals surface area (Å²) in [6.07, 6.45) is 5.83. The lowest BCUT2D eigenvalue weighted by atomic mass is 10.2. The number of aromatic nitrogens is 4. The van der Waals surface area contributed by atoms with Gasteiger partial charge in [-0.25, -0.2) is 9.97 Å². The number of nitrogens with one attached hydrogen (secondary N) is 2. The Balaban J connectivity index is 1.56.